The number of nitrogens with one attached hydrogen (secondary N) is 1. The number of carbonyl (C=O) groups excluding carboxylic acids is 1. The third kappa shape index (κ3) is 3.71. The number of carboxylic acid groups (broad SMARTS) is 1. The van der Waals surface area contributed by atoms with Crippen molar-refractivity contribution in [3.05, 3.63) is 82.9 Å². The molecule has 0 saturated heterocycles. The van der Waals surface area contributed by atoms with E-state index in [2.05, 4.69) is 25.6 Å². The van der Waals surface area contributed by atoms with Crippen molar-refractivity contribution < 1.29 is 19.1 Å². The van der Waals surface area contributed by atoms with Crippen molar-refractivity contribution in [1.29, 1.82) is 0 Å². The number of hydrogen-bond acceptors (Lipinski definition) is 6. The Bertz CT molecular complexity index is 1380. The normalized spacial score (nSPS) is 15.1. The molecule has 1 atom stereocenters. The van der Waals surface area contributed by atoms with Gasteiger partial charge >= 0.3 is 5.97 Å². The molecule has 1 amide bonds. The van der Waals surface area contributed by atoms with Crippen LogP contribution in [0.5, 0.6) is 0 Å². The van der Waals surface area contributed by atoms with Crippen molar-refractivity contribution in [1.82, 2.24) is 25.0 Å². The molecule has 0 fully saturated rings. The number of rotatable bonds is 4. The van der Waals surface area contributed by atoms with Crippen molar-refractivity contribution in [2.24, 2.45) is 0 Å². The standard InChI is InChI=1S/C23H17FN6O3/c1-12-20-17(13-2-4-15(5-3-13)22(32)33)10-19(31)27-21(20)30(29-12)23-26-18(11-25-28-23)14-6-8-16(24)9-7-14/h2-9,11,17H,10H2,1H3,(H,27,31)(H,32,33)/t17-/m1/s1. The highest BCUT2D eigenvalue weighted by Crippen LogP contribution is 2.40. The summed E-state index contributed by atoms with van der Waals surface area (Å²) in [5.41, 5.74) is 3.58. The molecule has 4 aromatic rings. The second-order valence-corrected chi connectivity index (χ2v) is 7.64. The summed E-state index contributed by atoms with van der Waals surface area (Å²) in [5, 5.41) is 24.6. The molecule has 164 valence electrons. The molecule has 2 N–H and O–H groups in total. The Hall–Kier alpha value is -4.47. The van der Waals surface area contributed by atoms with E-state index < -0.39 is 5.97 Å². The largest absolute Gasteiger partial charge is 0.478 e. The molecule has 5 rings (SSSR count). The van der Waals surface area contributed by atoms with Gasteiger partial charge in [-0.3, -0.25) is 4.79 Å². The number of aromatic carboxylic acids is 1. The van der Waals surface area contributed by atoms with E-state index in [-0.39, 0.29) is 35.6 Å². The van der Waals surface area contributed by atoms with E-state index in [1.54, 1.807) is 24.3 Å². The molecule has 0 aliphatic carbocycles. The lowest BCUT2D eigenvalue weighted by molar-refractivity contribution is -0.116. The molecule has 2 aromatic carbocycles. The van der Waals surface area contributed by atoms with Gasteiger partial charge in [-0.05, 0) is 48.9 Å². The summed E-state index contributed by atoms with van der Waals surface area (Å²) >= 11 is 0. The third-order valence-electron chi connectivity index (χ3n) is 5.54. The SMILES string of the molecule is Cc1nn(-c2nncc(-c3ccc(F)cc3)n2)c2c1[C@@H](c1ccc(C(=O)O)cc1)CC(=O)N2. The number of hydrogen-bond donors (Lipinski definition) is 2. The maximum Gasteiger partial charge on any atom is 0.335 e. The van der Waals surface area contributed by atoms with Crippen LogP contribution in [0.25, 0.3) is 17.2 Å². The Morgan fingerprint density at radius 2 is 1.88 bits per heavy atom. The van der Waals surface area contributed by atoms with Crippen LogP contribution in [0.1, 0.15) is 39.5 Å². The average Bonchev–Trinajstić information content (AvgIpc) is 3.15. The molecule has 0 bridgehead atoms. The average molecular weight is 444 g/mol. The van der Waals surface area contributed by atoms with E-state index in [1.165, 1.54) is 35.1 Å². The number of carbonyl (C=O) groups is 2. The number of anilines is 1. The highest BCUT2D eigenvalue weighted by atomic mass is 19.1. The zero-order valence-electron chi connectivity index (χ0n) is 17.4. The van der Waals surface area contributed by atoms with Crippen LogP contribution >= 0.6 is 0 Å². The van der Waals surface area contributed by atoms with Crippen molar-refractivity contribution in [2.45, 2.75) is 19.3 Å². The summed E-state index contributed by atoms with van der Waals surface area (Å²) in [6, 6.07) is 12.3. The Morgan fingerprint density at radius 3 is 2.58 bits per heavy atom. The number of halogens is 1. The van der Waals surface area contributed by atoms with Gasteiger partial charge < -0.3 is 10.4 Å². The van der Waals surface area contributed by atoms with Crippen molar-refractivity contribution in [2.75, 3.05) is 5.32 Å². The van der Waals surface area contributed by atoms with Gasteiger partial charge in [-0.15, -0.1) is 5.10 Å². The van der Waals surface area contributed by atoms with E-state index >= 15 is 0 Å². The second-order valence-electron chi connectivity index (χ2n) is 7.64. The van der Waals surface area contributed by atoms with Gasteiger partial charge in [0.25, 0.3) is 5.95 Å². The first-order chi connectivity index (χ1) is 15.9. The number of benzene rings is 2. The minimum atomic E-state index is -1.02. The van der Waals surface area contributed by atoms with E-state index in [1.807, 2.05) is 6.92 Å². The Kier molecular flexibility index (Phi) is 4.89. The third-order valence-corrected chi connectivity index (χ3v) is 5.54. The number of fused-ring (bicyclic) bond motifs is 1. The number of amides is 1. The molecule has 2 aromatic heterocycles. The van der Waals surface area contributed by atoms with Gasteiger partial charge in [0.1, 0.15) is 11.6 Å². The van der Waals surface area contributed by atoms with Crippen molar-refractivity contribution in [3.8, 4) is 17.2 Å². The smallest absolute Gasteiger partial charge is 0.335 e. The lowest BCUT2D eigenvalue weighted by Gasteiger charge is -2.24. The fourth-order valence-corrected chi connectivity index (χ4v) is 3.98. The Morgan fingerprint density at radius 1 is 1.15 bits per heavy atom. The molecule has 0 spiro atoms. The van der Waals surface area contributed by atoms with Crippen LogP contribution in [0, 0.1) is 12.7 Å². The highest BCUT2D eigenvalue weighted by Gasteiger charge is 2.33. The molecule has 33 heavy (non-hydrogen) atoms. The zero-order valence-corrected chi connectivity index (χ0v) is 17.4. The number of aryl methyl sites for hydroxylation is 1. The summed E-state index contributed by atoms with van der Waals surface area (Å²) in [4.78, 5) is 28.2. The van der Waals surface area contributed by atoms with E-state index in [0.29, 0.717) is 22.8 Å². The molecular weight excluding hydrogens is 427 g/mol. The second kappa shape index (κ2) is 7.90. The van der Waals surface area contributed by atoms with Gasteiger partial charge in [-0.2, -0.15) is 14.9 Å². The molecule has 0 unspecified atom stereocenters. The van der Waals surface area contributed by atoms with Gasteiger partial charge in [0.15, 0.2) is 0 Å². The van der Waals surface area contributed by atoms with Gasteiger partial charge in [-0.1, -0.05) is 12.1 Å². The van der Waals surface area contributed by atoms with Crippen LogP contribution in [0.4, 0.5) is 10.2 Å². The van der Waals surface area contributed by atoms with Crippen LogP contribution < -0.4 is 5.32 Å². The van der Waals surface area contributed by atoms with E-state index in [4.69, 9.17) is 5.11 Å². The molecule has 3 heterocycles. The van der Waals surface area contributed by atoms with Gasteiger partial charge in [0.05, 0.1) is 23.1 Å². The maximum absolute atomic E-state index is 13.3. The predicted octanol–water partition coefficient (Wildman–Crippen LogP) is 3.34. The quantitative estimate of drug-likeness (QED) is 0.495. The summed E-state index contributed by atoms with van der Waals surface area (Å²) in [6.07, 6.45) is 1.66. The number of aromatic nitrogens is 5. The first-order valence-corrected chi connectivity index (χ1v) is 10.1. The molecule has 9 nitrogen and oxygen atoms in total. The first-order valence-electron chi connectivity index (χ1n) is 10.1. The fourth-order valence-electron chi connectivity index (χ4n) is 3.98. The number of carboxylic acids is 1. The van der Waals surface area contributed by atoms with Gasteiger partial charge in [0, 0.05) is 23.5 Å². The molecular formula is C23H17FN6O3. The monoisotopic (exact) mass is 444 g/mol. The Labute approximate surface area is 186 Å². The van der Waals surface area contributed by atoms with E-state index in [0.717, 1.165) is 11.1 Å². The summed E-state index contributed by atoms with van der Waals surface area (Å²) in [7, 11) is 0. The predicted molar refractivity (Wildman–Crippen MR) is 116 cm³/mol. The minimum Gasteiger partial charge on any atom is -0.478 e. The fraction of sp³-hybridized carbons (Fsp3) is 0.130. The van der Waals surface area contributed by atoms with Crippen LogP contribution in [0.15, 0.2) is 54.7 Å². The van der Waals surface area contributed by atoms with Crippen molar-refractivity contribution >= 4 is 17.7 Å². The lowest BCUT2D eigenvalue weighted by Crippen LogP contribution is -2.25. The maximum atomic E-state index is 13.3. The summed E-state index contributed by atoms with van der Waals surface area (Å²) < 4.78 is 14.7. The van der Waals surface area contributed by atoms with Gasteiger partial charge in [0.2, 0.25) is 5.91 Å². The molecule has 10 heteroatoms. The summed E-state index contributed by atoms with van der Waals surface area (Å²) in [5.74, 6) is -1.30. The molecule has 1 aliphatic heterocycles. The highest BCUT2D eigenvalue weighted by molar-refractivity contribution is 5.95. The van der Waals surface area contributed by atoms with E-state index in [9.17, 15) is 14.0 Å². The van der Waals surface area contributed by atoms with Crippen molar-refractivity contribution in [3.63, 3.8) is 0 Å². The van der Waals surface area contributed by atoms with Crippen LogP contribution in [-0.4, -0.2) is 41.9 Å². The zero-order chi connectivity index (χ0) is 23.1. The summed E-state index contributed by atoms with van der Waals surface area (Å²) in [6.45, 7) is 1.82. The number of nitrogens with zero attached hydrogens (tertiary/aromatic N) is 5. The molecule has 1 aliphatic rings. The topological polar surface area (TPSA) is 123 Å². The van der Waals surface area contributed by atoms with Crippen LogP contribution in [-0.2, 0) is 4.79 Å². The first kappa shape index (κ1) is 20.4. The minimum absolute atomic E-state index is 0.156. The van der Waals surface area contributed by atoms with Gasteiger partial charge in [-0.25, -0.2) is 14.2 Å². The molecule has 0 saturated carbocycles. The Balaban J connectivity index is 1.58. The molecule has 0 radical (unpaired) electrons. The van der Waals surface area contributed by atoms with Crippen LogP contribution in [0.3, 0.4) is 0 Å². The lowest BCUT2D eigenvalue weighted by atomic mass is 9.85. The van der Waals surface area contributed by atoms with Crippen LogP contribution in [0.2, 0.25) is 0 Å².